The zero-order chi connectivity index (χ0) is 44.6. The van der Waals surface area contributed by atoms with E-state index in [2.05, 4.69) is 239 Å². The van der Waals surface area contributed by atoms with Crippen LogP contribution in [0.5, 0.6) is 0 Å². The molecule has 0 aliphatic heterocycles. The normalized spacial score (nSPS) is 12.2. The number of benzene rings is 8. The molecule has 66 heavy (non-hydrogen) atoms. The van der Waals surface area contributed by atoms with E-state index in [1.165, 1.54) is 82.6 Å². The van der Waals surface area contributed by atoms with Gasteiger partial charge in [0.2, 0.25) is 0 Å². The van der Waals surface area contributed by atoms with Crippen LogP contribution in [0.3, 0.4) is 0 Å². The van der Waals surface area contributed by atoms with Gasteiger partial charge in [0.05, 0.1) is 11.0 Å². The van der Waals surface area contributed by atoms with E-state index in [1.807, 2.05) is 6.07 Å². The van der Waals surface area contributed by atoms with Gasteiger partial charge in [-0.25, -0.2) is 0 Å². The Hall–Kier alpha value is -8.02. The molecule has 3 aromatic heterocycles. The lowest BCUT2D eigenvalue weighted by molar-refractivity contribution is 0.789. The van der Waals surface area contributed by atoms with Crippen LogP contribution in [0.25, 0.3) is 72.4 Å². The van der Waals surface area contributed by atoms with E-state index in [9.17, 15) is 0 Å². The molecule has 1 aliphatic rings. The molecule has 0 spiro atoms. The van der Waals surface area contributed by atoms with E-state index in [4.69, 9.17) is 5.73 Å². The van der Waals surface area contributed by atoms with Crippen LogP contribution >= 0.6 is 0 Å². The molecule has 3 heterocycles. The maximum absolute atomic E-state index is 5.86. The highest BCUT2D eigenvalue weighted by molar-refractivity contribution is 6.11. The van der Waals surface area contributed by atoms with Gasteiger partial charge in [-0.3, -0.25) is 0 Å². The van der Waals surface area contributed by atoms with E-state index in [-0.39, 0.29) is 0 Å². The van der Waals surface area contributed by atoms with Crippen molar-refractivity contribution in [2.45, 2.75) is 46.2 Å². The topological polar surface area (TPSA) is 44.0 Å². The minimum Gasteiger partial charge on any atom is -0.399 e. The number of allylic oxidation sites excluding steroid dienone is 2. The average Bonchev–Trinajstić information content (AvgIpc) is 3.89. The number of aromatic nitrogens is 3. The molecule has 2 N–H and O–H groups in total. The van der Waals surface area contributed by atoms with Crippen LogP contribution in [0, 0.1) is 0 Å². The highest BCUT2D eigenvalue weighted by Gasteiger charge is 2.21. The fourth-order valence-corrected chi connectivity index (χ4v) is 10.2. The number of hydrogen-bond donors (Lipinski definition) is 1. The lowest BCUT2D eigenvalue weighted by Crippen LogP contribution is -2.10. The lowest BCUT2D eigenvalue weighted by atomic mass is 10.0. The first-order valence-electron chi connectivity index (χ1n) is 23.4. The molecule has 0 unspecified atom stereocenters. The summed E-state index contributed by atoms with van der Waals surface area (Å²) in [5, 5.41) is 6.35. The first kappa shape index (κ1) is 40.7. The molecule has 0 radical (unpaired) electrons. The van der Waals surface area contributed by atoms with Gasteiger partial charge >= 0.3 is 0 Å². The van der Waals surface area contributed by atoms with Gasteiger partial charge < -0.3 is 24.3 Å². The molecule has 0 saturated carbocycles. The van der Waals surface area contributed by atoms with Crippen molar-refractivity contribution in [2.24, 2.45) is 0 Å². The summed E-state index contributed by atoms with van der Waals surface area (Å²) in [6.07, 6.45) is 12.1. The molecule has 8 aromatic carbocycles. The zero-order valence-electron chi connectivity index (χ0n) is 37.6. The van der Waals surface area contributed by atoms with Crippen LogP contribution < -0.4 is 10.6 Å². The number of nitrogens with two attached hydrogens (primary N) is 1. The quantitative estimate of drug-likeness (QED) is 0.147. The minimum absolute atomic E-state index is 0.825. The number of aryl methyl sites for hydroxylation is 4. The van der Waals surface area contributed by atoms with Crippen molar-refractivity contribution in [2.75, 3.05) is 10.6 Å². The van der Waals surface area contributed by atoms with Crippen LogP contribution in [0.15, 0.2) is 200 Å². The predicted molar refractivity (Wildman–Crippen MR) is 283 cm³/mol. The van der Waals surface area contributed by atoms with E-state index in [0.717, 1.165) is 55.1 Å². The molecule has 0 amide bonds. The number of rotatable bonds is 9. The van der Waals surface area contributed by atoms with Gasteiger partial charge in [0.25, 0.3) is 0 Å². The number of anilines is 4. The average molecular weight is 856 g/mol. The van der Waals surface area contributed by atoms with Crippen molar-refractivity contribution in [1.29, 1.82) is 0 Å². The number of nitrogen functional groups attached to an aromatic ring is 1. The Morgan fingerprint density at radius 1 is 0.439 bits per heavy atom. The van der Waals surface area contributed by atoms with Gasteiger partial charge in [0, 0.05) is 96.3 Å². The second kappa shape index (κ2) is 17.5. The summed E-state index contributed by atoms with van der Waals surface area (Å²) in [5.41, 5.74) is 22.8. The highest BCUT2D eigenvalue weighted by Crippen LogP contribution is 2.42. The fraction of sp³-hybridized carbons (Fsp3) is 0.115. The predicted octanol–water partition coefficient (Wildman–Crippen LogP) is 15.8. The molecule has 0 fully saturated rings. The third-order valence-corrected chi connectivity index (χ3v) is 13.3. The van der Waals surface area contributed by atoms with Crippen molar-refractivity contribution in [3.63, 3.8) is 0 Å². The second-order valence-electron chi connectivity index (χ2n) is 17.2. The summed E-state index contributed by atoms with van der Waals surface area (Å²) in [5.74, 6) is 0. The minimum atomic E-state index is 0.825. The van der Waals surface area contributed by atoms with Gasteiger partial charge in [-0.05, 0) is 147 Å². The van der Waals surface area contributed by atoms with E-state index in [0.29, 0.717) is 0 Å². The molecule has 0 bridgehead atoms. The largest absolute Gasteiger partial charge is 0.399 e. The molecule has 5 heteroatoms. The Kier molecular flexibility index (Phi) is 10.8. The van der Waals surface area contributed by atoms with Crippen LogP contribution in [0.4, 0.5) is 22.7 Å². The van der Waals surface area contributed by atoms with Gasteiger partial charge in [-0.1, -0.05) is 109 Å². The van der Waals surface area contributed by atoms with Gasteiger partial charge in [0.1, 0.15) is 0 Å². The van der Waals surface area contributed by atoms with E-state index in [1.54, 1.807) is 0 Å². The molecule has 0 atom stereocenters. The van der Waals surface area contributed by atoms with Crippen molar-refractivity contribution < 1.29 is 0 Å². The standard InChI is InChI=1S/C47H39N3.C14H14N2/c1-2-48-44-22-14-6-13-21-40(44)42-32-38(26-29-45(42)48)49(36-17-9-4-10-18-36)39-27-30-47-43(33-39)41-31-35(24-23-34-15-7-3-8-16-34)25-28-46(41)50(47)37-19-11-5-12-20-37;1-2-16-13-6-4-3-5-11(13)12-9-10(15)7-8-14(12)16/h3-5,7-22,25-33H,2,6,23-24H2,1H3;3-9H,2,15H2,1H3. The highest BCUT2D eigenvalue weighted by atomic mass is 15.1. The van der Waals surface area contributed by atoms with Gasteiger partial charge in [-0.15, -0.1) is 0 Å². The summed E-state index contributed by atoms with van der Waals surface area (Å²) in [6, 6.07) is 68.0. The Morgan fingerprint density at radius 3 is 1.76 bits per heavy atom. The summed E-state index contributed by atoms with van der Waals surface area (Å²) in [4.78, 5) is 2.41. The van der Waals surface area contributed by atoms with Crippen LogP contribution in [0.1, 0.15) is 42.7 Å². The number of nitrogens with zero attached hydrogens (tertiary/aromatic N) is 4. The lowest BCUT2D eigenvalue weighted by Gasteiger charge is -2.26. The van der Waals surface area contributed by atoms with Gasteiger partial charge in [-0.2, -0.15) is 0 Å². The second-order valence-corrected chi connectivity index (χ2v) is 17.2. The Balaban J connectivity index is 0.000000252. The summed E-state index contributed by atoms with van der Waals surface area (Å²) < 4.78 is 7.17. The van der Waals surface area contributed by atoms with Crippen molar-refractivity contribution in [3.05, 3.63) is 223 Å². The number of para-hydroxylation sites is 3. The SMILES string of the molecule is CCn1c2c(c3cc(N(c4ccccc4)c4ccc5c(c4)c4cc(CCc6ccccc6)ccc4n5-c4ccccc4)ccc31)C=CCC=C2.CCn1c2ccccc2c2cc(N)ccc21. The third kappa shape index (κ3) is 7.33. The Bertz CT molecular complexity index is 3590. The molecule has 12 rings (SSSR count). The monoisotopic (exact) mass is 855 g/mol. The smallest absolute Gasteiger partial charge is 0.0542 e. The summed E-state index contributed by atoms with van der Waals surface area (Å²) in [7, 11) is 0. The maximum atomic E-state index is 5.86. The van der Waals surface area contributed by atoms with Crippen molar-refractivity contribution >= 4 is 89.4 Å². The van der Waals surface area contributed by atoms with E-state index >= 15 is 0 Å². The summed E-state index contributed by atoms with van der Waals surface area (Å²) >= 11 is 0. The fourth-order valence-electron chi connectivity index (χ4n) is 10.2. The van der Waals surface area contributed by atoms with Crippen LogP contribution in [-0.2, 0) is 25.9 Å². The first-order valence-corrected chi connectivity index (χ1v) is 23.4. The number of hydrogen-bond acceptors (Lipinski definition) is 2. The Labute approximate surface area is 386 Å². The van der Waals surface area contributed by atoms with Crippen LogP contribution in [0.2, 0.25) is 0 Å². The molecule has 322 valence electrons. The summed E-state index contributed by atoms with van der Waals surface area (Å²) in [6.45, 7) is 6.32. The Morgan fingerprint density at radius 2 is 1.00 bits per heavy atom. The third-order valence-electron chi connectivity index (χ3n) is 13.3. The number of fused-ring (bicyclic) bond motifs is 9. The molecule has 5 nitrogen and oxygen atoms in total. The molecule has 11 aromatic rings. The van der Waals surface area contributed by atoms with Gasteiger partial charge in [0.15, 0.2) is 0 Å². The molecule has 1 aliphatic carbocycles. The molecule has 0 saturated heterocycles. The maximum Gasteiger partial charge on any atom is 0.0542 e. The zero-order valence-corrected chi connectivity index (χ0v) is 37.6. The van der Waals surface area contributed by atoms with Crippen LogP contribution in [-0.4, -0.2) is 13.7 Å². The van der Waals surface area contributed by atoms with Crippen molar-refractivity contribution in [3.8, 4) is 5.69 Å². The molecular formula is C61H53N5. The first-order chi connectivity index (χ1) is 32.6. The molecular weight excluding hydrogens is 803 g/mol. The van der Waals surface area contributed by atoms with E-state index < -0.39 is 0 Å². The van der Waals surface area contributed by atoms with Crippen molar-refractivity contribution in [1.82, 2.24) is 13.7 Å².